The lowest BCUT2D eigenvalue weighted by molar-refractivity contribution is 0.274. The van der Waals surface area contributed by atoms with Crippen LogP contribution in [-0.4, -0.2) is 19.5 Å². The molecule has 0 saturated carbocycles. The van der Waals surface area contributed by atoms with E-state index in [-0.39, 0.29) is 6.61 Å². The molecule has 0 unspecified atom stereocenters. The Labute approximate surface area is 107 Å². The van der Waals surface area contributed by atoms with Crippen molar-refractivity contribution in [1.82, 2.24) is 14.4 Å². The van der Waals surface area contributed by atoms with Crippen molar-refractivity contribution in [2.45, 2.75) is 13.2 Å². The molecule has 3 heterocycles. The highest BCUT2D eigenvalue weighted by Crippen LogP contribution is 2.14. The van der Waals surface area contributed by atoms with Crippen LogP contribution in [0, 0.1) is 0 Å². The van der Waals surface area contributed by atoms with Crippen LogP contribution in [0.25, 0.3) is 4.96 Å². The highest BCUT2D eigenvalue weighted by molar-refractivity contribution is 7.15. The molecule has 3 aromatic heterocycles. The molecule has 3 rings (SSSR count). The summed E-state index contributed by atoms with van der Waals surface area (Å²) < 4.78 is 7.54. The van der Waals surface area contributed by atoms with Gasteiger partial charge < -0.3 is 9.84 Å². The minimum Gasteiger partial charge on any atom is -0.486 e. The van der Waals surface area contributed by atoms with Crippen molar-refractivity contribution in [2.75, 3.05) is 0 Å². The van der Waals surface area contributed by atoms with E-state index in [0.717, 1.165) is 10.7 Å². The molecule has 0 saturated heterocycles. The van der Waals surface area contributed by atoms with Gasteiger partial charge in [-0.25, -0.2) is 4.98 Å². The van der Waals surface area contributed by atoms with Crippen molar-refractivity contribution in [3.63, 3.8) is 0 Å². The minimum atomic E-state index is -0.0579. The zero-order valence-corrected chi connectivity index (χ0v) is 10.3. The fraction of sp³-hybridized carbons (Fsp3) is 0.167. The maximum atomic E-state index is 8.88. The van der Waals surface area contributed by atoms with Gasteiger partial charge in [0.25, 0.3) is 0 Å². The Bertz CT molecular complexity index is 616. The van der Waals surface area contributed by atoms with E-state index in [2.05, 4.69) is 9.97 Å². The van der Waals surface area contributed by atoms with Gasteiger partial charge in [-0.2, -0.15) is 0 Å². The summed E-state index contributed by atoms with van der Waals surface area (Å²) in [4.78, 5) is 9.42. The second-order valence-corrected chi connectivity index (χ2v) is 4.63. The van der Waals surface area contributed by atoms with Gasteiger partial charge in [0.05, 0.1) is 24.2 Å². The fourth-order valence-electron chi connectivity index (χ4n) is 1.59. The molecule has 0 aliphatic heterocycles. The number of hydrogen-bond acceptors (Lipinski definition) is 5. The maximum absolute atomic E-state index is 8.88. The monoisotopic (exact) mass is 261 g/mol. The Kier molecular flexibility index (Phi) is 2.95. The molecular weight excluding hydrogens is 250 g/mol. The number of ether oxygens (including phenoxy) is 1. The number of hydrogen-bond donors (Lipinski definition) is 1. The van der Waals surface area contributed by atoms with E-state index in [9.17, 15) is 0 Å². The van der Waals surface area contributed by atoms with Crippen molar-refractivity contribution in [1.29, 1.82) is 0 Å². The van der Waals surface area contributed by atoms with Crippen molar-refractivity contribution in [3.05, 3.63) is 47.5 Å². The molecule has 0 spiro atoms. The molecular formula is C12H11N3O2S. The lowest BCUT2D eigenvalue weighted by atomic mass is 10.3. The SMILES string of the molecule is OCc1ccc(OCc2cn3ccsc3n2)cn1. The van der Waals surface area contributed by atoms with Gasteiger partial charge in [-0.1, -0.05) is 0 Å². The second kappa shape index (κ2) is 4.75. The quantitative estimate of drug-likeness (QED) is 0.778. The summed E-state index contributed by atoms with van der Waals surface area (Å²) in [7, 11) is 0. The summed E-state index contributed by atoms with van der Waals surface area (Å²) in [6, 6.07) is 3.53. The van der Waals surface area contributed by atoms with Gasteiger partial charge in [-0.3, -0.25) is 9.38 Å². The number of aliphatic hydroxyl groups excluding tert-OH is 1. The molecule has 3 aromatic rings. The summed E-state index contributed by atoms with van der Waals surface area (Å²) in [5.74, 6) is 0.670. The summed E-state index contributed by atoms with van der Waals surface area (Å²) in [6.07, 6.45) is 5.51. The first-order valence-corrected chi connectivity index (χ1v) is 6.33. The van der Waals surface area contributed by atoms with Crippen LogP contribution >= 0.6 is 11.3 Å². The van der Waals surface area contributed by atoms with Crippen molar-refractivity contribution < 1.29 is 9.84 Å². The van der Waals surface area contributed by atoms with E-state index in [1.165, 1.54) is 0 Å². The summed E-state index contributed by atoms with van der Waals surface area (Å²) >= 11 is 1.59. The number of imidazole rings is 1. The Morgan fingerprint density at radius 1 is 1.33 bits per heavy atom. The van der Waals surface area contributed by atoms with Crippen molar-refractivity contribution in [3.8, 4) is 5.75 Å². The fourth-order valence-corrected chi connectivity index (χ4v) is 2.31. The van der Waals surface area contributed by atoms with Crippen LogP contribution in [0.2, 0.25) is 0 Å². The molecule has 0 aliphatic rings. The minimum absolute atomic E-state index is 0.0579. The molecule has 0 amide bonds. The first-order chi connectivity index (χ1) is 8.85. The molecule has 1 N–H and O–H groups in total. The van der Waals surface area contributed by atoms with E-state index >= 15 is 0 Å². The van der Waals surface area contributed by atoms with Crippen molar-refractivity contribution in [2.24, 2.45) is 0 Å². The third-order valence-corrected chi connectivity index (χ3v) is 3.26. The second-order valence-electron chi connectivity index (χ2n) is 3.76. The van der Waals surface area contributed by atoms with E-state index in [4.69, 9.17) is 9.84 Å². The first kappa shape index (κ1) is 11.2. The van der Waals surface area contributed by atoms with Crippen LogP contribution in [0.4, 0.5) is 0 Å². The van der Waals surface area contributed by atoms with Crippen LogP contribution in [-0.2, 0) is 13.2 Å². The predicted molar refractivity (Wildman–Crippen MR) is 67.6 cm³/mol. The Morgan fingerprint density at radius 2 is 2.28 bits per heavy atom. The molecule has 0 radical (unpaired) electrons. The molecule has 92 valence electrons. The predicted octanol–water partition coefficient (Wildman–Crippen LogP) is 1.86. The van der Waals surface area contributed by atoms with Gasteiger partial charge in [0.15, 0.2) is 4.96 Å². The maximum Gasteiger partial charge on any atom is 0.193 e. The highest BCUT2D eigenvalue weighted by atomic mass is 32.1. The van der Waals surface area contributed by atoms with Crippen LogP contribution < -0.4 is 4.74 Å². The smallest absolute Gasteiger partial charge is 0.193 e. The van der Waals surface area contributed by atoms with Crippen LogP contribution in [0.3, 0.4) is 0 Å². The lowest BCUT2D eigenvalue weighted by Gasteiger charge is -2.03. The summed E-state index contributed by atoms with van der Waals surface area (Å²) in [6.45, 7) is 0.353. The molecule has 5 nitrogen and oxygen atoms in total. The topological polar surface area (TPSA) is 59.7 Å². The molecule has 0 aromatic carbocycles. The average Bonchev–Trinajstić information content (AvgIpc) is 2.97. The number of pyridine rings is 1. The zero-order chi connectivity index (χ0) is 12.4. The van der Waals surface area contributed by atoms with E-state index in [0.29, 0.717) is 18.1 Å². The zero-order valence-electron chi connectivity index (χ0n) is 9.48. The van der Waals surface area contributed by atoms with Crippen LogP contribution in [0.1, 0.15) is 11.4 Å². The number of fused-ring (bicyclic) bond motifs is 1. The Hall–Kier alpha value is -1.92. The standard InChI is InChI=1S/C12H11N3O2S/c16-7-9-1-2-11(5-13-9)17-8-10-6-15-3-4-18-12(15)14-10/h1-6,16H,7-8H2. The largest absolute Gasteiger partial charge is 0.486 e. The van der Waals surface area contributed by atoms with Gasteiger partial charge in [0, 0.05) is 17.8 Å². The Morgan fingerprint density at radius 3 is 3.00 bits per heavy atom. The number of nitrogens with zero attached hydrogens (tertiary/aromatic N) is 3. The molecule has 0 bridgehead atoms. The number of aromatic nitrogens is 3. The highest BCUT2D eigenvalue weighted by Gasteiger charge is 2.03. The summed E-state index contributed by atoms with van der Waals surface area (Å²) in [5.41, 5.74) is 1.51. The molecule has 0 aliphatic carbocycles. The van der Waals surface area contributed by atoms with Crippen molar-refractivity contribution >= 4 is 16.3 Å². The third-order valence-electron chi connectivity index (χ3n) is 2.49. The van der Waals surface area contributed by atoms with E-state index in [1.54, 1.807) is 29.7 Å². The van der Waals surface area contributed by atoms with Gasteiger partial charge >= 0.3 is 0 Å². The molecule has 0 atom stereocenters. The first-order valence-electron chi connectivity index (χ1n) is 5.45. The lowest BCUT2D eigenvalue weighted by Crippen LogP contribution is -1.97. The van der Waals surface area contributed by atoms with Crippen LogP contribution in [0.5, 0.6) is 5.75 Å². The number of aliphatic hydroxyl groups is 1. The third kappa shape index (κ3) is 2.20. The molecule has 6 heteroatoms. The van der Waals surface area contributed by atoms with Crippen LogP contribution in [0.15, 0.2) is 36.1 Å². The average molecular weight is 261 g/mol. The van der Waals surface area contributed by atoms with Gasteiger partial charge in [-0.05, 0) is 12.1 Å². The van der Waals surface area contributed by atoms with Gasteiger partial charge in [0.2, 0.25) is 0 Å². The number of thiazole rings is 1. The van der Waals surface area contributed by atoms with E-state index < -0.39 is 0 Å². The normalized spacial score (nSPS) is 10.9. The molecule has 0 fully saturated rings. The van der Waals surface area contributed by atoms with Gasteiger partial charge in [-0.15, -0.1) is 11.3 Å². The Balaban J connectivity index is 1.68. The summed E-state index contributed by atoms with van der Waals surface area (Å²) in [5, 5.41) is 10.9. The van der Waals surface area contributed by atoms with E-state index in [1.807, 2.05) is 22.2 Å². The molecule has 18 heavy (non-hydrogen) atoms. The van der Waals surface area contributed by atoms with Gasteiger partial charge in [0.1, 0.15) is 12.4 Å². The number of rotatable bonds is 4.